The van der Waals surface area contributed by atoms with Gasteiger partial charge in [0, 0.05) is 18.6 Å². The number of thiocarbonyl (C=S) groups is 1. The van der Waals surface area contributed by atoms with Crippen molar-refractivity contribution in [2.24, 2.45) is 0 Å². The van der Waals surface area contributed by atoms with Crippen LogP contribution >= 0.6 is 28.1 Å². The molecule has 122 valence electrons. The average Bonchev–Trinajstić information content (AvgIpc) is 2.55. The largest absolute Gasteiger partial charge is 0.493 e. The number of nitrogens with zero attached hydrogens (tertiary/aromatic N) is 2. The lowest BCUT2D eigenvalue weighted by Crippen LogP contribution is -2.52. The molecular weight excluding hydrogens is 384 g/mol. The number of hydrogen-bond donors (Lipinski definition) is 0. The molecule has 2 amide bonds. The highest BCUT2D eigenvalue weighted by molar-refractivity contribution is 9.10. The van der Waals surface area contributed by atoms with E-state index < -0.39 is 11.8 Å². The molecule has 0 aromatic heterocycles. The molecule has 0 saturated carbocycles. The maximum Gasteiger partial charge on any atom is 0.265 e. The van der Waals surface area contributed by atoms with Crippen LogP contribution in [0.25, 0.3) is 6.08 Å². The van der Waals surface area contributed by atoms with Crippen molar-refractivity contribution < 1.29 is 19.1 Å². The van der Waals surface area contributed by atoms with Crippen LogP contribution in [0.5, 0.6) is 11.5 Å². The number of hydrogen-bond acceptors (Lipinski definition) is 5. The molecule has 1 fully saturated rings. The lowest BCUT2D eigenvalue weighted by molar-refractivity contribution is -0.132. The van der Waals surface area contributed by atoms with Gasteiger partial charge in [-0.2, -0.15) is 0 Å². The predicted molar refractivity (Wildman–Crippen MR) is 93.4 cm³/mol. The maximum absolute atomic E-state index is 12.3. The van der Waals surface area contributed by atoms with Gasteiger partial charge < -0.3 is 9.47 Å². The van der Waals surface area contributed by atoms with E-state index in [0.29, 0.717) is 21.5 Å². The minimum atomic E-state index is -0.445. The summed E-state index contributed by atoms with van der Waals surface area (Å²) in [7, 11) is 6.11. The Morgan fingerprint density at radius 2 is 1.52 bits per heavy atom. The number of carbonyl (C=O) groups is 2. The molecule has 1 aliphatic rings. The van der Waals surface area contributed by atoms with E-state index in [4.69, 9.17) is 21.7 Å². The van der Waals surface area contributed by atoms with Crippen molar-refractivity contribution in [2.75, 3.05) is 28.3 Å². The summed E-state index contributed by atoms with van der Waals surface area (Å²) in [5, 5.41) is 0.170. The van der Waals surface area contributed by atoms with Gasteiger partial charge in [-0.15, -0.1) is 0 Å². The molecule has 1 saturated heterocycles. The lowest BCUT2D eigenvalue weighted by atomic mass is 10.1. The molecule has 0 spiro atoms. The number of carbonyl (C=O) groups excluding carboxylic acids is 2. The summed E-state index contributed by atoms with van der Waals surface area (Å²) in [4.78, 5) is 27.2. The van der Waals surface area contributed by atoms with Gasteiger partial charge in [0.05, 0.1) is 14.2 Å². The smallest absolute Gasteiger partial charge is 0.265 e. The molecular formula is C15H15BrN2O4S. The Hall–Kier alpha value is -1.93. The van der Waals surface area contributed by atoms with Crippen molar-refractivity contribution >= 4 is 51.2 Å². The highest BCUT2D eigenvalue weighted by Crippen LogP contribution is 2.34. The fraction of sp³-hybridized carbons (Fsp3) is 0.267. The molecule has 0 atom stereocenters. The van der Waals surface area contributed by atoms with E-state index in [2.05, 4.69) is 15.9 Å². The molecule has 0 bridgehead atoms. The van der Waals surface area contributed by atoms with Crippen molar-refractivity contribution in [2.45, 2.75) is 0 Å². The fourth-order valence-electron chi connectivity index (χ4n) is 2.11. The van der Waals surface area contributed by atoms with Gasteiger partial charge in [-0.1, -0.05) is 15.9 Å². The zero-order valence-electron chi connectivity index (χ0n) is 13.0. The monoisotopic (exact) mass is 398 g/mol. The summed E-state index contributed by atoms with van der Waals surface area (Å²) in [6.45, 7) is 0. The molecule has 0 radical (unpaired) electrons. The van der Waals surface area contributed by atoms with Gasteiger partial charge in [0.15, 0.2) is 16.6 Å². The second-order valence-corrected chi connectivity index (χ2v) is 6.02. The lowest BCUT2D eigenvalue weighted by Gasteiger charge is -2.31. The Bertz CT molecular complexity index is 706. The van der Waals surface area contributed by atoms with Crippen LogP contribution in [-0.2, 0) is 9.59 Å². The van der Waals surface area contributed by atoms with E-state index in [0.717, 1.165) is 0 Å². The van der Waals surface area contributed by atoms with Crippen LogP contribution in [0.2, 0.25) is 0 Å². The number of halogens is 1. The van der Waals surface area contributed by atoms with Crippen LogP contribution in [0.1, 0.15) is 5.56 Å². The topological polar surface area (TPSA) is 59.1 Å². The summed E-state index contributed by atoms with van der Waals surface area (Å²) in [5.74, 6) is 0.147. The first-order chi connectivity index (χ1) is 10.8. The van der Waals surface area contributed by atoms with Gasteiger partial charge in [-0.25, -0.2) is 0 Å². The third kappa shape index (κ3) is 3.09. The number of amides is 2. The number of methoxy groups -OCH3 is 2. The quantitative estimate of drug-likeness (QED) is 0.443. The summed E-state index contributed by atoms with van der Waals surface area (Å²) in [5.41, 5.74) is 0.644. The van der Waals surface area contributed by atoms with Gasteiger partial charge in [-0.3, -0.25) is 19.4 Å². The zero-order chi connectivity index (χ0) is 17.3. The first-order valence-electron chi connectivity index (χ1n) is 6.55. The highest BCUT2D eigenvalue weighted by Gasteiger charge is 2.35. The summed E-state index contributed by atoms with van der Waals surface area (Å²) >= 11 is 8.46. The van der Waals surface area contributed by atoms with Crippen LogP contribution in [0, 0.1) is 0 Å². The Balaban J connectivity index is 2.54. The Kier molecular flexibility index (Phi) is 5.06. The summed E-state index contributed by atoms with van der Waals surface area (Å²) in [6.07, 6.45) is 1.51. The molecule has 0 N–H and O–H groups in total. The standard InChI is InChI=1S/C15H15BrN2O4S/c1-17-13(19)9(14(20)18(2)15(17)23)5-8-6-11(21-3)12(22-4)7-10(8)16/h5-7H,1-4H3. The van der Waals surface area contributed by atoms with Crippen molar-refractivity contribution in [1.29, 1.82) is 0 Å². The van der Waals surface area contributed by atoms with E-state index in [1.165, 1.54) is 44.2 Å². The first-order valence-corrected chi connectivity index (χ1v) is 7.75. The molecule has 1 aromatic carbocycles. The molecule has 6 nitrogen and oxygen atoms in total. The van der Waals surface area contributed by atoms with E-state index >= 15 is 0 Å². The minimum absolute atomic E-state index is 0.0246. The molecule has 23 heavy (non-hydrogen) atoms. The zero-order valence-corrected chi connectivity index (χ0v) is 15.4. The van der Waals surface area contributed by atoms with E-state index in [1.54, 1.807) is 12.1 Å². The van der Waals surface area contributed by atoms with Crippen molar-refractivity contribution in [1.82, 2.24) is 9.80 Å². The normalized spacial score (nSPS) is 15.2. The number of ether oxygens (including phenoxy) is 2. The number of rotatable bonds is 3. The maximum atomic E-state index is 12.3. The Morgan fingerprint density at radius 3 is 2.00 bits per heavy atom. The van der Waals surface area contributed by atoms with Crippen molar-refractivity contribution in [3.8, 4) is 11.5 Å². The van der Waals surface area contributed by atoms with Gasteiger partial charge in [-0.05, 0) is 36.0 Å². The summed E-state index contributed by atoms with van der Waals surface area (Å²) < 4.78 is 11.1. The number of likely N-dealkylation sites (N-methyl/N-ethyl adjacent to an activating group) is 2. The molecule has 0 aliphatic carbocycles. The van der Waals surface area contributed by atoms with E-state index in [9.17, 15) is 9.59 Å². The predicted octanol–water partition coefficient (Wildman–Crippen LogP) is 2.06. The van der Waals surface area contributed by atoms with Crippen molar-refractivity contribution in [3.63, 3.8) is 0 Å². The molecule has 1 aromatic rings. The summed E-state index contributed by atoms with van der Waals surface area (Å²) in [6, 6.07) is 3.39. The van der Waals surface area contributed by atoms with Crippen LogP contribution in [0.15, 0.2) is 22.2 Å². The van der Waals surface area contributed by atoms with Crippen LogP contribution in [0.3, 0.4) is 0 Å². The van der Waals surface area contributed by atoms with Crippen LogP contribution in [0.4, 0.5) is 0 Å². The highest BCUT2D eigenvalue weighted by atomic mass is 79.9. The van der Waals surface area contributed by atoms with Gasteiger partial charge in [0.2, 0.25) is 0 Å². The van der Waals surface area contributed by atoms with E-state index in [1.807, 2.05) is 0 Å². The second kappa shape index (κ2) is 6.67. The van der Waals surface area contributed by atoms with Crippen molar-refractivity contribution in [3.05, 3.63) is 27.7 Å². The first kappa shape index (κ1) is 17.4. The van der Waals surface area contributed by atoms with Gasteiger partial charge in [0.1, 0.15) is 5.57 Å². The van der Waals surface area contributed by atoms with E-state index in [-0.39, 0.29) is 10.7 Å². The SMILES string of the molecule is COc1cc(Br)c(C=C2C(=O)N(C)C(=S)N(C)C2=O)cc1OC. The molecule has 1 heterocycles. The molecule has 2 rings (SSSR count). The molecule has 1 aliphatic heterocycles. The molecule has 8 heteroatoms. The Morgan fingerprint density at radius 1 is 1.04 bits per heavy atom. The van der Waals surface area contributed by atoms with Crippen LogP contribution in [-0.4, -0.2) is 55.0 Å². The average molecular weight is 399 g/mol. The fourth-order valence-corrected chi connectivity index (χ4v) is 2.71. The minimum Gasteiger partial charge on any atom is -0.493 e. The van der Waals surface area contributed by atoms with Gasteiger partial charge in [0.25, 0.3) is 11.8 Å². The number of benzene rings is 1. The second-order valence-electron chi connectivity index (χ2n) is 4.80. The van der Waals surface area contributed by atoms with Crippen LogP contribution < -0.4 is 9.47 Å². The van der Waals surface area contributed by atoms with Gasteiger partial charge >= 0.3 is 0 Å². The third-order valence-electron chi connectivity index (χ3n) is 3.45. The third-order valence-corrected chi connectivity index (χ3v) is 4.68. The molecule has 0 unspecified atom stereocenters. The Labute approximate surface area is 147 Å².